The minimum absolute atomic E-state index is 0.0212. The molecular formula is C21H19BrF4N2O3. The molecule has 0 spiro atoms. The van der Waals surface area contributed by atoms with Gasteiger partial charge in [-0.05, 0) is 60.0 Å². The first-order valence-electron chi connectivity index (χ1n) is 9.52. The van der Waals surface area contributed by atoms with Gasteiger partial charge < -0.3 is 9.64 Å². The molecule has 10 heteroatoms. The number of aromatic nitrogens is 1. The van der Waals surface area contributed by atoms with Crippen LogP contribution in [0.3, 0.4) is 0 Å². The van der Waals surface area contributed by atoms with Gasteiger partial charge >= 0.3 is 12.1 Å². The Hall–Kier alpha value is -2.49. The quantitative estimate of drug-likeness (QED) is 0.336. The SMILES string of the molecule is C[C@@H]1C[C@H](C(=O)OCc2nc(Br)ccc2F)CCN1C(=O)c1ccccc1C(F)(F)F. The first-order chi connectivity index (χ1) is 14.6. The summed E-state index contributed by atoms with van der Waals surface area (Å²) >= 11 is 3.12. The van der Waals surface area contributed by atoms with Crippen molar-refractivity contribution in [1.82, 2.24) is 9.88 Å². The third-order valence-corrected chi connectivity index (χ3v) is 5.61. The number of hydrogen-bond donors (Lipinski definition) is 0. The predicted molar refractivity (Wildman–Crippen MR) is 106 cm³/mol. The Kier molecular flexibility index (Phi) is 6.98. The number of nitrogens with zero attached hydrogens (tertiary/aromatic N) is 2. The number of likely N-dealkylation sites (tertiary alicyclic amines) is 1. The zero-order valence-electron chi connectivity index (χ0n) is 16.5. The van der Waals surface area contributed by atoms with Crippen LogP contribution in [-0.4, -0.2) is 34.3 Å². The largest absolute Gasteiger partial charge is 0.459 e. The van der Waals surface area contributed by atoms with Gasteiger partial charge in [0.05, 0.1) is 17.0 Å². The average molecular weight is 503 g/mol. The number of rotatable bonds is 4. The number of carbonyl (C=O) groups is 2. The fraction of sp³-hybridized carbons (Fsp3) is 0.381. The number of amides is 1. The Morgan fingerprint density at radius 1 is 1.23 bits per heavy atom. The van der Waals surface area contributed by atoms with Crippen molar-refractivity contribution < 1.29 is 31.9 Å². The maximum absolute atomic E-state index is 13.7. The second-order valence-electron chi connectivity index (χ2n) is 7.28. The number of carbonyl (C=O) groups excluding carboxylic acids is 2. The molecule has 1 aliphatic heterocycles. The molecule has 1 amide bonds. The fourth-order valence-electron chi connectivity index (χ4n) is 3.58. The summed E-state index contributed by atoms with van der Waals surface area (Å²) in [4.78, 5) is 30.5. The van der Waals surface area contributed by atoms with E-state index in [2.05, 4.69) is 20.9 Å². The normalized spacial score (nSPS) is 19.2. The van der Waals surface area contributed by atoms with E-state index in [4.69, 9.17) is 4.74 Å². The summed E-state index contributed by atoms with van der Waals surface area (Å²) in [6, 6.07) is 6.79. The zero-order chi connectivity index (χ0) is 22.8. The van der Waals surface area contributed by atoms with Crippen LogP contribution in [0.2, 0.25) is 0 Å². The van der Waals surface area contributed by atoms with E-state index in [9.17, 15) is 27.2 Å². The van der Waals surface area contributed by atoms with Gasteiger partial charge in [0.1, 0.15) is 22.7 Å². The summed E-state index contributed by atoms with van der Waals surface area (Å²) < 4.78 is 59.1. The van der Waals surface area contributed by atoms with Crippen molar-refractivity contribution in [3.63, 3.8) is 0 Å². The maximum Gasteiger partial charge on any atom is 0.417 e. The van der Waals surface area contributed by atoms with Crippen molar-refractivity contribution in [3.05, 3.63) is 63.6 Å². The fourth-order valence-corrected chi connectivity index (χ4v) is 3.92. The van der Waals surface area contributed by atoms with Crippen molar-refractivity contribution in [1.29, 1.82) is 0 Å². The van der Waals surface area contributed by atoms with Crippen LogP contribution in [0.25, 0.3) is 0 Å². The molecule has 0 radical (unpaired) electrons. The Bertz CT molecular complexity index is 983. The third-order valence-electron chi connectivity index (χ3n) is 5.17. The Balaban J connectivity index is 1.64. The molecule has 2 atom stereocenters. The number of pyridine rings is 1. The van der Waals surface area contributed by atoms with Gasteiger partial charge in [0.2, 0.25) is 0 Å². The summed E-state index contributed by atoms with van der Waals surface area (Å²) in [6.07, 6.45) is -4.18. The van der Waals surface area contributed by atoms with E-state index in [-0.39, 0.29) is 31.7 Å². The van der Waals surface area contributed by atoms with Crippen molar-refractivity contribution in [2.24, 2.45) is 5.92 Å². The standard InChI is InChI=1S/C21H19BrF4N2O3/c1-12-10-13(20(30)31-11-17-16(23)6-7-18(22)27-17)8-9-28(12)19(29)14-4-2-3-5-15(14)21(24,25)26/h2-7,12-13H,8-11H2,1H3/t12-,13-/m1/s1. The Morgan fingerprint density at radius 3 is 2.61 bits per heavy atom. The molecule has 5 nitrogen and oxygen atoms in total. The maximum atomic E-state index is 13.7. The predicted octanol–water partition coefficient (Wildman–Crippen LogP) is 4.99. The van der Waals surface area contributed by atoms with Gasteiger partial charge in [-0.1, -0.05) is 12.1 Å². The summed E-state index contributed by atoms with van der Waals surface area (Å²) in [5.41, 5.74) is -1.43. The molecule has 1 fully saturated rings. The molecule has 3 rings (SSSR count). The average Bonchev–Trinajstić information content (AvgIpc) is 2.73. The van der Waals surface area contributed by atoms with E-state index in [1.807, 2.05) is 0 Å². The first-order valence-corrected chi connectivity index (χ1v) is 10.3. The van der Waals surface area contributed by atoms with E-state index >= 15 is 0 Å². The van der Waals surface area contributed by atoms with Crippen LogP contribution in [0.15, 0.2) is 41.0 Å². The molecule has 0 N–H and O–H groups in total. The van der Waals surface area contributed by atoms with Crippen LogP contribution >= 0.6 is 15.9 Å². The van der Waals surface area contributed by atoms with Gasteiger partial charge in [-0.2, -0.15) is 13.2 Å². The lowest BCUT2D eigenvalue weighted by Gasteiger charge is -2.37. The molecule has 2 aromatic rings. The van der Waals surface area contributed by atoms with Crippen LogP contribution in [0.5, 0.6) is 0 Å². The van der Waals surface area contributed by atoms with Crippen LogP contribution < -0.4 is 0 Å². The number of halogens is 5. The molecular weight excluding hydrogens is 484 g/mol. The molecule has 1 aliphatic rings. The van der Waals surface area contributed by atoms with E-state index < -0.39 is 47.0 Å². The van der Waals surface area contributed by atoms with Crippen molar-refractivity contribution in [2.45, 2.75) is 38.6 Å². The van der Waals surface area contributed by atoms with Gasteiger partial charge in [-0.25, -0.2) is 9.37 Å². The number of esters is 1. The second kappa shape index (κ2) is 9.33. The molecule has 1 aromatic heterocycles. The summed E-state index contributed by atoms with van der Waals surface area (Å²) in [7, 11) is 0. The Labute approximate surface area is 184 Å². The number of benzene rings is 1. The summed E-state index contributed by atoms with van der Waals surface area (Å²) in [5, 5.41) is 0. The van der Waals surface area contributed by atoms with Gasteiger partial charge in [0.15, 0.2) is 0 Å². The van der Waals surface area contributed by atoms with Crippen LogP contribution in [0.4, 0.5) is 17.6 Å². The molecule has 2 heterocycles. The van der Waals surface area contributed by atoms with E-state index in [0.29, 0.717) is 4.60 Å². The smallest absolute Gasteiger partial charge is 0.417 e. The highest BCUT2D eigenvalue weighted by atomic mass is 79.9. The highest BCUT2D eigenvalue weighted by Gasteiger charge is 2.39. The topological polar surface area (TPSA) is 59.5 Å². The Morgan fingerprint density at radius 2 is 1.94 bits per heavy atom. The van der Waals surface area contributed by atoms with Crippen molar-refractivity contribution in [3.8, 4) is 0 Å². The minimum Gasteiger partial charge on any atom is -0.459 e. The summed E-state index contributed by atoms with van der Waals surface area (Å²) in [5.74, 6) is -2.44. The van der Waals surface area contributed by atoms with E-state index in [1.165, 1.54) is 29.2 Å². The lowest BCUT2D eigenvalue weighted by atomic mass is 9.90. The van der Waals surface area contributed by atoms with Crippen LogP contribution in [0, 0.1) is 11.7 Å². The molecule has 0 saturated carbocycles. The first kappa shape index (κ1) is 23.2. The lowest BCUT2D eigenvalue weighted by molar-refractivity contribution is -0.152. The van der Waals surface area contributed by atoms with Crippen molar-refractivity contribution in [2.75, 3.05) is 6.54 Å². The van der Waals surface area contributed by atoms with Gasteiger partial charge in [0, 0.05) is 12.6 Å². The van der Waals surface area contributed by atoms with Crippen molar-refractivity contribution >= 4 is 27.8 Å². The summed E-state index contributed by atoms with van der Waals surface area (Å²) in [6.45, 7) is 1.44. The molecule has 0 unspecified atom stereocenters. The van der Waals surface area contributed by atoms with Gasteiger partial charge in [-0.15, -0.1) is 0 Å². The second-order valence-corrected chi connectivity index (χ2v) is 8.09. The molecule has 31 heavy (non-hydrogen) atoms. The zero-order valence-corrected chi connectivity index (χ0v) is 18.0. The number of ether oxygens (including phenoxy) is 1. The molecule has 0 bridgehead atoms. The number of piperidine rings is 1. The van der Waals surface area contributed by atoms with Gasteiger partial charge in [0.25, 0.3) is 5.91 Å². The highest BCUT2D eigenvalue weighted by Crippen LogP contribution is 2.34. The van der Waals surface area contributed by atoms with E-state index in [1.54, 1.807) is 6.92 Å². The van der Waals surface area contributed by atoms with Crippen LogP contribution in [0.1, 0.15) is 41.4 Å². The number of hydrogen-bond acceptors (Lipinski definition) is 4. The van der Waals surface area contributed by atoms with E-state index in [0.717, 1.165) is 12.1 Å². The number of alkyl halides is 3. The molecule has 0 aliphatic carbocycles. The molecule has 166 valence electrons. The molecule has 1 saturated heterocycles. The van der Waals surface area contributed by atoms with Gasteiger partial charge in [-0.3, -0.25) is 9.59 Å². The monoisotopic (exact) mass is 502 g/mol. The van der Waals surface area contributed by atoms with Crippen LogP contribution in [-0.2, 0) is 22.3 Å². The minimum atomic E-state index is -4.65. The molecule has 1 aromatic carbocycles. The highest BCUT2D eigenvalue weighted by molar-refractivity contribution is 9.10. The third kappa shape index (κ3) is 5.41. The lowest BCUT2D eigenvalue weighted by Crippen LogP contribution is -2.46.